The lowest BCUT2D eigenvalue weighted by molar-refractivity contribution is -0.131. The van der Waals surface area contributed by atoms with Crippen molar-refractivity contribution in [3.63, 3.8) is 0 Å². The Kier molecular flexibility index (Phi) is 14.4. The van der Waals surface area contributed by atoms with Crippen LogP contribution in [-0.2, 0) is 29.3 Å². The molecule has 0 unspecified atom stereocenters. The highest BCUT2D eigenvalue weighted by atomic mass is 16.5. The Balaban J connectivity index is 1.48. The molecule has 0 bridgehead atoms. The zero-order chi connectivity index (χ0) is 40.1. The summed E-state index contributed by atoms with van der Waals surface area (Å²) in [6, 6.07) is 20.2. The Hall–Kier alpha value is -5.48. The van der Waals surface area contributed by atoms with Crippen LogP contribution in [-0.4, -0.2) is 108 Å². The number of fused-ring (bicyclic) bond motifs is 6. The molecule has 0 radical (unpaired) electrons. The van der Waals surface area contributed by atoms with Crippen molar-refractivity contribution in [3.8, 4) is 48.5 Å². The molecule has 2 aliphatic heterocycles. The second kappa shape index (κ2) is 19.4. The minimum atomic E-state index is -1.15. The minimum absolute atomic E-state index is 0.0112. The van der Waals surface area contributed by atoms with Gasteiger partial charge in [-0.2, -0.15) is 0 Å². The summed E-state index contributed by atoms with van der Waals surface area (Å²) in [5.74, 6) is 8.01. The lowest BCUT2D eigenvalue weighted by Crippen LogP contribution is -2.59. The first-order chi connectivity index (χ1) is 27.3. The molecule has 3 aromatic rings. The molecule has 0 saturated heterocycles. The molecule has 0 saturated carbocycles. The van der Waals surface area contributed by atoms with E-state index in [-0.39, 0.29) is 65.3 Å². The highest BCUT2D eigenvalue weighted by Gasteiger charge is 2.56. The molecule has 0 atom stereocenters. The van der Waals surface area contributed by atoms with Crippen molar-refractivity contribution in [2.45, 2.75) is 38.8 Å². The van der Waals surface area contributed by atoms with E-state index in [1.165, 1.54) is 0 Å². The number of anilines is 2. The van der Waals surface area contributed by atoms with E-state index in [2.05, 4.69) is 97.0 Å². The van der Waals surface area contributed by atoms with Crippen molar-refractivity contribution in [3.05, 3.63) is 82.9 Å². The Bertz CT molecular complexity index is 1860. The van der Waals surface area contributed by atoms with Gasteiger partial charge in [0.15, 0.2) is 0 Å². The van der Waals surface area contributed by atoms with E-state index in [9.17, 15) is 9.59 Å². The van der Waals surface area contributed by atoms with Gasteiger partial charge in [-0.25, -0.2) is 0 Å². The molecule has 56 heavy (non-hydrogen) atoms. The SMILES string of the molecule is C#CCOCC(COCC#C)(COCC#C)NC(=O)COCCN1C(=O)c2ccccc2C12c1ccc(N(CC)CC)cc1Oc1cc(N(CC)CC)ccc12. The number of amides is 2. The van der Waals surface area contributed by atoms with Crippen LogP contribution >= 0.6 is 0 Å². The maximum absolute atomic E-state index is 14.6. The number of rotatable bonds is 21. The van der Waals surface area contributed by atoms with Crippen LogP contribution in [0.25, 0.3) is 0 Å². The van der Waals surface area contributed by atoms with E-state index in [0.29, 0.717) is 17.1 Å². The normalized spacial score (nSPS) is 13.4. The highest BCUT2D eigenvalue weighted by molar-refractivity contribution is 6.02. The molecule has 11 nitrogen and oxygen atoms in total. The van der Waals surface area contributed by atoms with Gasteiger partial charge in [-0.15, -0.1) is 19.3 Å². The highest BCUT2D eigenvalue weighted by Crippen LogP contribution is 2.58. The van der Waals surface area contributed by atoms with E-state index in [1.54, 1.807) is 0 Å². The number of nitrogens with zero attached hydrogens (tertiary/aromatic N) is 3. The summed E-state index contributed by atoms with van der Waals surface area (Å²) in [6.45, 7) is 11.7. The van der Waals surface area contributed by atoms with Crippen LogP contribution < -0.4 is 19.9 Å². The topological polar surface area (TPSA) is 102 Å². The van der Waals surface area contributed by atoms with Gasteiger partial charge in [-0.3, -0.25) is 9.59 Å². The monoisotopic (exact) mass is 760 g/mol. The number of carbonyl (C=O) groups is 2. The van der Waals surface area contributed by atoms with Crippen molar-refractivity contribution in [1.82, 2.24) is 10.2 Å². The molecule has 5 rings (SSSR count). The Morgan fingerprint density at radius 2 is 1.25 bits per heavy atom. The molecule has 2 heterocycles. The molecule has 294 valence electrons. The number of hydrogen-bond acceptors (Lipinski definition) is 9. The minimum Gasteiger partial charge on any atom is -0.456 e. The van der Waals surface area contributed by atoms with Crippen LogP contribution in [0.4, 0.5) is 11.4 Å². The van der Waals surface area contributed by atoms with E-state index < -0.39 is 17.0 Å². The molecule has 3 aromatic carbocycles. The number of nitrogens with one attached hydrogen (secondary N) is 1. The van der Waals surface area contributed by atoms with Crippen LogP contribution in [0, 0.1) is 37.0 Å². The lowest BCUT2D eigenvalue weighted by Gasteiger charge is -2.44. The van der Waals surface area contributed by atoms with Crippen LogP contribution in [0.2, 0.25) is 0 Å². The number of carbonyl (C=O) groups excluding carboxylic acids is 2. The van der Waals surface area contributed by atoms with Gasteiger partial charge in [0.2, 0.25) is 5.91 Å². The van der Waals surface area contributed by atoms with E-state index >= 15 is 0 Å². The van der Waals surface area contributed by atoms with E-state index in [0.717, 1.165) is 54.2 Å². The molecule has 0 fully saturated rings. The van der Waals surface area contributed by atoms with Crippen LogP contribution in [0.1, 0.15) is 54.7 Å². The van der Waals surface area contributed by atoms with Crippen molar-refractivity contribution in [1.29, 1.82) is 0 Å². The third-order valence-electron chi connectivity index (χ3n) is 10.2. The smallest absolute Gasteiger partial charge is 0.255 e. The Morgan fingerprint density at radius 3 is 1.73 bits per heavy atom. The van der Waals surface area contributed by atoms with E-state index in [1.807, 2.05) is 29.2 Å². The van der Waals surface area contributed by atoms with Crippen molar-refractivity contribution in [2.75, 3.05) is 95.4 Å². The van der Waals surface area contributed by atoms with Gasteiger partial charge in [0, 0.05) is 72.9 Å². The summed E-state index contributed by atoms with van der Waals surface area (Å²) in [5, 5.41) is 2.94. The third-order valence-corrected chi connectivity index (χ3v) is 10.2. The standard InChI is InChI=1S/C45H52N4O7/c1-8-24-53-31-44(32-54-25-9-2,33-55-26-10-3)46-42(50)30-52-27-23-49-43(51)36-17-15-16-18-37(36)45(49)38-21-19-34(47(11-4)12-5)28-40(38)56-41-29-35(20-22-39(41)45)48(13-6)14-7/h1-3,15-22,28-29H,11-14,23-27,30-33H2,4-7H3,(H,46,50). The summed E-state index contributed by atoms with van der Waals surface area (Å²) in [7, 11) is 0. The molecule has 0 aromatic heterocycles. The molecular formula is C45H52N4O7. The van der Waals surface area contributed by atoms with Gasteiger partial charge < -0.3 is 43.7 Å². The molecule has 2 aliphatic rings. The number of ether oxygens (including phenoxy) is 5. The predicted molar refractivity (Wildman–Crippen MR) is 218 cm³/mol. The maximum Gasteiger partial charge on any atom is 0.255 e. The zero-order valence-electron chi connectivity index (χ0n) is 32.9. The largest absolute Gasteiger partial charge is 0.456 e. The van der Waals surface area contributed by atoms with Gasteiger partial charge in [0.25, 0.3) is 5.91 Å². The van der Waals surface area contributed by atoms with Gasteiger partial charge in [0.05, 0.1) is 26.4 Å². The summed E-state index contributed by atoms with van der Waals surface area (Å²) in [5.41, 5.74) is 3.03. The summed E-state index contributed by atoms with van der Waals surface area (Å²) in [4.78, 5) is 34.4. The fourth-order valence-corrected chi connectivity index (χ4v) is 7.70. The molecule has 0 aliphatic carbocycles. The number of terminal acetylenes is 3. The molecule has 11 heteroatoms. The summed E-state index contributed by atoms with van der Waals surface area (Å²) < 4.78 is 29.7. The average Bonchev–Trinajstić information content (AvgIpc) is 3.45. The van der Waals surface area contributed by atoms with Gasteiger partial charge in [-0.05, 0) is 51.5 Å². The first-order valence-electron chi connectivity index (χ1n) is 19.1. The number of benzene rings is 3. The van der Waals surface area contributed by atoms with Crippen molar-refractivity contribution >= 4 is 23.2 Å². The van der Waals surface area contributed by atoms with Gasteiger partial charge >= 0.3 is 0 Å². The first-order valence-corrected chi connectivity index (χ1v) is 19.1. The predicted octanol–water partition coefficient (Wildman–Crippen LogP) is 5.05. The second-order valence-corrected chi connectivity index (χ2v) is 13.5. The molecule has 1 N–H and O–H groups in total. The third kappa shape index (κ3) is 8.50. The van der Waals surface area contributed by atoms with Crippen molar-refractivity contribution in [2.24, 2.45) is 0 Å². The van der Waals surface area contributed by atoms with Gasteiger partial charge in [0.1, 0.15) is 49.0 Å². The fourth-order valence-electron chi connectivity index (χ4n) is 7.70. The van der Waals surface area contributed by atoms with Crippen molar-refractivity contribution < 1.29 is 33.3 Å². The maximum atomic E-state index is 14.6. The molecule has 1 spiro atoms. The summed E-state index contributed by atoms with van der Waals surface area (Å²) in [6.07, 6.45) is 16.2. The van der Waals surface area contributed by atoms with E-state index in [4.69, 9.17) is 43.0 Å². The van der Waals surface area contributed by atoms with Crippen LogP contribution in [0.3, 0.4) is 0 Å². The van der Waals surface area contributed by atoms with Crippen LogP contribution in [0.5, 0.6) is 11.5 Å². The number of hydrogen-bond donors (Lipinski definition) is 1. The van der Waals surface area contributed by atoms with Gasteiger partial charge in [-0.1, -0.05) is 48.1 Å². The quantitative estimate of drug-likeness (QED) is 0.118. The Labute approximate surface area is 331 Å². The Morgan fingerprint density at radius 1 is 0.750 bits per heavy atom. The second-order valence-electron chi connectivity index (χ2n) is 13.5. The average molecular weight is 761 g/mol. The summed E-state index contributed by atoms with van der Waals surface area (Å²) >= 11 is 0. The first kappa shape index (κ1) is 41.7. The molecule has 2 amide bonds. The fraction of sp³-hybridized carbons (Fsp3) is 0.422. The molecular weight excluding hydrogens is 709 g/mol. The van der Waals surface area contributed by atoms with Crippen LogP contribution in [0.15, 0.2) is 60.7 Å². The zero-order valence-corrected chi connectivity index (χ0v) is 32.9. The lowest BCUT2D eigenvalue weighted by atomic mass is 9.74.